The Bertz CT molecular complexity index is 611. The van der Waals surface area contributed by atoms with Crippen molar-refractivity contribution in [3.05, 3.63) is 65.2 Å². The molecule has 112 valence electrons. The monoisotopic (exact) mass is 292 g/mol. The highest BCUT2D eigenvalue weighted by molar-refractivity contribution is 5.36. The SMILES string of the molecule is CC(C)Oc1ccccc1C(O)Cc1cccc(F)c1F. The molecule has 2 aromatic carbocycles. The maximum Gasteiger partial charge on any atom is 0.162 e. The number of benzene rings is 2. The molecule has 0 aliphatic heterocycles. The van der Waals surface area contributed by atoms with Crippen molar-refractivity contribution in [3.63, 3.8) is 0 Å². The normalized spacial score (nSPS) is 12.5. The van der Waals surface area contributed by atoms with Gasteiger partial charge in [0.15, 0.2) is 11.6 Å². The van der Waals surface area contributed by atoms with Gasteiger partial charge in [0.2, 0.25) is 0 Å². The predicted molar refractivity (Wildman–Crippen MR) is 77.2 cm³/mol. The summed E-state index contributed by atoms with van der Waals surface area (Å²) in [7, 11) is 0. The summed E-state index contributed by atoms with van der Waals surface area (Å²) in [6.07, 6.45) is -1.01. The van der Waals surface area contributed by atoms with Crippen LogP contribution in [0.4, 0.5) is 8.78 Å². The highest BCUT2D eigenvalue weighted by atomic mass is 19.2. The van der Waals surface area contributed by atoms with Crippen molar-refractivity contribution >= 4 is 0 Å². The van der Waals surface area contributed by atoms with Gasteiger partial charge < -0.3 is 9.84 Å². The van der Waals surface area contributed by atoms with E-state index in [1.807, 2.05) is 13.8 Å². The molecule has 1 N–H and O–H groups in total. The minimum absolute atomic E-state index is 0.0118. The van der Waals surface area contributed by atoms with Crippen molar-refractivity contribution in [1.82, 2.24) is 0 Å². The number of aliphatic hydroxyl groups excluding tert-OH is 1. The average molecular weight is 292 g/mol. The lowest BCUT2D eigenvalue weighted by Crippen LogP contribution is -2.11. The standard InChI is InChI=1S/C17H18F2O2/c1-11(2)21-16-9-4-3-7-13(16)15(20)10-12-6-5-8-14(18)17(12)19/h3-9,11,15,20H,10H2,1-2H3. The van der Waals surface area contributed by atoms with Gasteiger partial charge in [-0.1, -0.05) is 30.3 Å². The molecule has 0 aromatic heterocycles. The summed E-state index contributed by atoms with van der Waals surface area (Å²) in [5.41, 5.74) is 0.705. The molecular weight excluding hydrogens is 274 g/mol. The third-order valence-corrected chi connectivity index (χ3v) is 3.09. The molecule has 0 fully saturated rings. The molecule has 2 rings (SSSR count). The molecule has 0 spiro atoms. The van der Waals surface area contributed by atoms with E-state index >= 15 is 0 Å². The Balaban J connectivity index is 2.24. The number of aliphatic hydroxyl groups is 1. The van der Waals surface area contributed by atoms with Crippen molar-refractivity contribution in [2.75, 3.05) is 0 Å². The maximum atomic E-state index is 13.7. The third-order valence-electron chi connectivity index (χ3n) is 3.09. The lowest BCUT2D eigenvalue weighted by molar-refractivity contribution is 0.164. The molecule has 2 aromatic rings. The van der Waals surface area contributed by atoms with Crippen LogP contribution in [-0.4, -0.2) is 11.2 Å². The average Bonchev–Trinajstić information content (AvgIpc) is 2.44. The fourth-order valence-electron chi connectivity index (χ4n) is 2.14. The Morgan fingerprint density at radius 3 is 2.48 bits per heavy atom. The van der Waals surface area contributed by atoms with Crippen LogP contribution in [-0.2, 0) is 6.42 Å². The van der Waals surface area contributed by atoms with Crippen molar-refractivity contribution in [2.45, 2.75) is 32.5 Å². The van der Waals surface area contributed by atoms with Crippen LogP contribution in [0.3, 0.4) is 0 Å². The fourth-order valence-corrected chi connectivity index (χ4v) is 2.14. The second kappa shape index (κ2) is 6.68. The number of para-hydroxylation sites is 1. The van der Waals surface area contributed by atoms with Gasteiger partial charge in [-0.05, 0) is 31.5 Å². The molecule has 0 aliphatic rings. The summed E-state index contributed by atoms with van der Waals surface area (Å²) in [5.74, 6) is -1.28. The molecule has 4 heteroatoms. The molecule has 1 unspecified atom stereocenters. The van der Waals surface area contributed by atoms with E-state index in [9.17, 15) is 13.9 Å². The third kappa shape index (κ3) is 3.79. The van der Waals surface area contributed by atoms with Crippen LogP contribution < -0.4 is 4.74 Å². The number of halogens is 2. The first kappa shape index (κ1) is 15.4. The Morgan fingerprint density at radius 1 is 1.05 bits per heavy atom. The van der Waals surface area contributed by atoms with Crippen molar-refractivity contribution in [1.29, 1.82) is 0 Å². The lowest BCUT2D eigenvalue weighted by Gasteiger charge is -2.18. The highest BCUT2D eigenvalue weighted by Gasteiger charge is 2.17. The van der Waals surface area contributed by atoms with E-state index in [2.05, 4.69) is 0 Å². The zero-order valence-corrected chi connectivity index (χ0v) is 12.0. The summed E-state index contributed by atoms with van der Waals surface area (Å²) < 4.78 is 32.5. The number of hydrogen-bond acceptors (Lipinski definition) is 2. The Labute approximate surface area is 123 Å². The van der Waals surface area contributed by atoms with Crippen LogP contribution in [0, 0.1) is 11.6 Å². The molecule has 0 amide bonds. The van der Waals surface area contributed by atoms with Gasteiger partial charge in [0.05, 0.1) is 12.2 Å². The fraction of sp³-hybridized carbons (Fsp3) is 0.294. The summed E-state index contributed by atoms with van der Waals surface area (Å²) in [6, 6.07) is 11.0. The summed E-state index contributed by atoms with van der Waals surface area (Å²) in [6.45, 7) is 3.77. The van der Waals surface area contributed by atoms with Crippen LogP contribution in [0.15, 0.2) is 42.5 Å². The van der Waals surface area contributed by atoms with E-state index in [0.717, 1.165) is 6.07 Å². The topological polar surface area (TPSA) is 29.5 Å². The molecule has 1 atom stereocenters. The lowest BCUT2D eigenvalue weighted by atomic mass is 10.00. The van der Waals surface area contributed by atoms with E-state index in [1.54, 1.807) is 24.3 Å². The van der Waals surface area contributed by atoms with Crippen LogP contribution in [0.5, 0.6) is 5.75 Å². The van der Waals surface area contributed by atoms with Crippen molar-refractivity contribution in [3.8, 4) is 5.75 Å². The molecule has 0 heterocycles. The largest absolute Gasteiger partial charge is 0.491 e. The zero-order valence-electron chi connectivity index (χ0n) is 12.0. The van der Waals surface area contributed by atoms with Crippen molar-refractivity contribution in [2.24, 2.45) is 0 Å². The summed E-state index contributed by atoms with van der Waals surface area (Å²) in [4.78, 5) is 0. The number of hydrogen-bond donors (Lipinski definition) is 1. The van der Waals surface area contributed by atoms with E-state index in [4.69, 9.17) is 4.74 Å². The second-order valence-electron chi connectivity index (χ2n) is 5.14. The van der Waals surface area contributed by atoms with Crippen LogP contribution in [0.25, 0.3) is 0 Å². The molecule has 0 radical (unpaired) electrons. The highest BCUT2D eigenvalue weighted by Crippen LogP contribution is 2.29. The predicted octanol–water partition coefficient (Wildman–Crippen LogP) is 4.03. The van der Waals surface area contributed by atoms with E-state index in [1.165, 1.54) is 12.1 Å². The molecule has 2 nitrogen and oxygen atoms in total. The smallest absolute Gasteiger partial charge is 0.162 e. The number of rotatable bonds is 5. The quantitative estimate of drug-likeness (QED) is 0.901. The van der Waals surface area contributed by atoms with E-state index in [-0.39, 0.29) is 18.1 Å². The first-order chi connectivity index (χ1) is 9.99. The Hall–Kier alpha value is -1.94. The van der Waals surface area contributed by atoms with Gasteiger partial charge in [-0.25, -0.2) is 8.78 Å². The van der Waals surface area contributed by atoms with Crippen molar-refractivity contribution < 1.29 is 18.6 Å². The zero-order chi connectivity index (χ0) is 15.4. The minimum atomic E-state index is -0.962. The van der Waals surface area contributed by atoms with Crippen LogP contribution in [0.2, 0.25) is 0 Å². The molecule has 0 aliphatic carbocycles. The molecular formula is C17H18F2O2. The van der Waals surface area contributed by atoms with Crippen LogP contribution in [0.1, 0.15) is 31.1 Å². The molecule has 0 bridgehead atoms. The van der Waals surface area contributed by atoms with Gasteiger partial charge >= 0.3 is 0 Å². The van der Waals surface area contributed by atoms with Gasteiger partial charge in [-0.2, -0.15) is 0 Å². The van der Waals surface area contributed by atoms with E-state index in [0.29, 0.717) is 11.3 Å². The molecule has 21 heavy (non-hydrogen) atoms. The van der Waals surface area contributed by atoms with E-state index < -0.39 is 17.7 Å². The Morgan fingerprint density at radius 2 is 1.76 bits per heavy atom. The van der Waals surface area contributed by atoms with Gasteiger partial charge in [0, 0.05) is 12.0 Å². The molecule has 0 saturated heterocycles. The minimum Gasteiger partial charge on any atom is -0.491 e. The summed E-state index contributed by atoms with van der Waals surface area (Å²) >= 11 is 0. The van der Waals surface area contributed by atoms with Gasteiger partial charge in [0.25, 0.3) is 0 Å². The van der Waals surface area contributed by atoms with Gasteiger partial charge in [0.1, 0.15) is 5.75 Å². The van der Waals surface area contributed by atoms with Gasteiger partial charge in [-0.3, -0.25) is 0 Å². The first-order valence-electron chi connectivity index (χ1n) is 6.85. The van der Waals surface area contributed by atoms with Gasteiger partial charge in [-0.15, -0.1) is 0 Å². The Kier molecular flexibility index (Phi) is 4.91. The summed E-state index contributed by atoms with van der Waals surface area (Å²) in [5, 5.41) is 10.3. The number of ether oxygens (including phenoxy) is 1. The first-order valence-corrected chi connectivity index (χ1v) is 6.85. The van der Waals surface area contributed by atoms with Crippen LogP contribution >= 0.6 is 0 Å². The second-order valence-corrected chi connectivity index (χ2v) is 5.14. The molecule has 0 saturated carbocycles. The maximum absolute atomic E-state index is 13.7.